The van der Waals surface area contributed by atoms with Crippen LogP contribution in [0.15, 0.2) is 65.3 Å². The second-order valence-electron chi connectivity index (χ2n) is 9.45. The minimum atomic E-state index is -0.167. The number of nitrogens with two attached hydrogens (primary N) is 1. The van der Waals surface area contributed by atoms with Gasteiger partial charge in [0.05, 0.1) is 5.69 Å². The fourth-order valence-electron chi connectivity index (χ4n) is 4.10. The number of hydrogen-bond donors (Lipinski definition) is 1. The van der Waals surface area contributed by atoms with E-state index in [1.807, 2.05) is 24.3 Å². The Labute approximate surface area is 204 Å². The van der Waals surface area contributed by atoms with Crippen LogP contribution in [0.1, 0.15) is 49.3 Å². The van der Waals surface area contributed by atoms with E-state index in [0.29, 0.717) is 24.1 Å². The molecule has 2 aromatic carbocycles. The predicted molar refractivity (Wildman–Crippen MR) is 131 cm³/mol. The van der Waals surface area contributed by atoms with Crippen molar-refractivity contribution in [3.63, 3.8) is 0 Å². The van der Waals surface area contributed by atoms with Gasteiger partial charge in [-0.2, -0.15) is 4.98 Å². The summed E-state index contributed by atoms with van der Waals surface area (Å²) in [5.74, 6) is 2.88. The summed E-state index contributed by atoms with van der Waals surface area (Å²) in [4.78, 5) is 12.8. The van der Waals surface area contributed by atoms with Crippen LogP contribution in [0, 0.1) is 6.92 Å². The van der Waals surface area contributed by atoms with Gasteiger partial charge in [-0.25, -0.2) is 9.97 Å². The van der Waals surface area contributed by atoms with Crippen LogP contribution in [0.4, 0.5) is 0 Å². The standard InChI is InChI=1S/C27H29N5O3/c1-17-30-26(35-32-17)25-29-13-12-21(31-25)16-33-22-8-4-18(5-9-22)27(2,3)19-6-10-23(11-7-19)34-24-14-20(28)15-24/h4-13,20,24H,14-16,28H2,1-3H3. The maximum absolute atomic E-state index is 5.99. The Morgan fingerprint density at radius 1 is 0.943 bits per heavy atom. The number of hydrogen-bond acceptors (Lipinski definition) is 8. The zero-order valence-corrected chi connectivity index (χ0v) is 20.1. The molecule has 8 heteroatoms. The average molecular weight is 472 g/mol. The zero-order valence-electron chi connectivity index (χ0n) is 20.1. The highest BCUT2D eigenvalue weighted by Gasteiger charge is 2.28. The summed E-state index contributed by atoms with van der Waals surface area (Å²) in [7, 11) is 0. The minimum Gasteiger partial charge on any atom is -0.490 e. The maximum Gasteiger partial charge on any atom is 0.295 e. The second-order valence-corrected chi connectivity index (χ2v) is 9.45. The summed E-state index contributed by atoms with van der Waals surface area (Å²) in [6, 6.07) is 18.6. The van der Waals surface area contributed by atoms with Crippen LogP contribution in [0.5, 0.6) is 11.5 Å². The first kappa shape index (κ1) is 23.0. The Hall–Kier alpha value is -3.78. The summed E-state index contributed by atoms with van der Waals surface area (Å²) in [5.41, 5.74) is 8.82. The van der Waals surface area contributed by atoms with Crippen molar-refractivity contribution in [2.75, 3.05) is 0 Å². The third kappa shape index (κ3) is 5.17. The topological polar surface area (TPSA) is 109 Å². The molecule has 1 aliphatic carbocycles. The van der Waals surface area contributed by atoms with Crippen LogP contribution < -0.4 is 15.2 Å². The van der Waals surface area contributed by atoms with Crippen molar-refractivity contribution in [3.8, 4) is 23.2 Å². The lowest BCUT2D eigenvalue weighted by Crippen LogP contribution is -2.43. The lowest BCUT2D eigenvalue weighted by molar-refractivity contribution is 0.101. The van der Waals surface area contributed by atoms with Gasteiger partial charge in [-0.15, -0.1) is 0 Å². The van der Waals surface area contributed by atoms with Gasteiger partial charge in [-0.1, -0.05) is 43.3 Å². The lowest BCUT2D eigenvalue weighted by atomic mass is 9.78. The van der Waals surface area contributed by atoms with Crippen molar-refractivity contribution in [2.45, 2.75) is 57.8 Å². The molecule has 8 nitrogen and oxygen atoms in total. The number of ether oxygens (including phenoxy) is 2. The monoisotopic (exact) mass is 471 g/mol. The number of rotatable bonds is 8. The van der Waals surface area contributed by atoms with E-state index in [0.717, 1.165) is 30.0 Å². The first-order chi connectivity index (χ1) is 16.9. The quantitative estimate of drug-likeness (QED) is 0.397. The summed E-state index contributed by atoms with van der Waals surface area (Å²) in [6.07, 6.45) is 3.76. The van der Waals surface area contributed by atoms with Crippen molar-refractivity contribution < 1.29 is 14.0 Å². The molecule has 1 aliphatic rings. The van der Waals surface area contributed by atoms with E-state index in [1.165, 1.54) is 11.1 Å². The first-order valence-electron chi connectivity index (χ1n) is 11.8. The molecule has 2 N–H and O–H groups in total. The average Bonchev–Trinajstić information content (AvgIpc) is 3.29. The third-order valence-electron chi connectivity index (χ3n) is 6.40. The minimum absolute atomic E-state index is 0.167. The smallest absolute Gasteiger partial charge is 0.295 e. The molecule has 2 aromatic heterocycles. The molecule has 0 bridgehead atoms. The molecule has 0 saturated heterocycles. The first-order valence-corrected chi connectivity index (χ1v) is 11.8. The Bertz CT molecular complexity index is 1280. The molecule has 0 spiro atoms. The van der Waals surface area contributed by atoms with Gasteiger partial charge in [0.1, 0.15) is 24.2 Å². The van der Waals surface area contributed by atoms with Crippen molar-refractivity contribution in [3.05, 3.63) is 83.4 Å². The van der Waals surface area contributed by atoms with Gasteiger partial charge < -0.3 is 19.7 Å². The fraction of sp³-hybridized carbons (Fsp3) is 0.333. The van der Waals surface area contributed by atoms with Gasteiger partial charge in [-0.05, 0) is 61.2 Å². The molecule has 0 unspecified atom stereocenters. The molecule has 1 saturated carbocycles. The van der Waals surface area contributed by atoms with Gasteiger partial charge in [0, 0.05) is 17.7 Å². The third-order valence-corrected chi connectivity index (χ3v) is 6.40. The lowest BCUT2D eigenvalue weighted by Gasteiger charge is -2.33. The highest BCUT2D eigenvalue weighted by Crippen LogP contribution is 2.34. The van der Waals surface area contributed by atoms with Crippen LogP contribution in [-0.4, -0.2) is 32.3 Å². The number of nitrogens with zero attached hydrogens (tertiary/aromatic N) is 4. The van der Waals surface area contributed by atoms with E-state index >= 15 is 0 Å². The highest BCUT2D eigenvalue weighted by atomic mass is 16.5. The van der Waals surface area contributed by atoms with E-state index in [9.17, 15) is 0 Å². The predicted octanol–water partition coefficient (Wildman–Crippen LogP) is 4.61. The molecule has 5 rings (SSSR count). The summed E-state index contributed by atoms with van der Waals surface area (Å²) >= 11 is 0. The molecule has 35 heavy (non-hydrogen) atoms. The highest BCUT2D eigenvalue weighted by molar-refractivity contribution is 5.42. The number of benzene rings is 2. The Balaban J connectivity index is 1.21. The molecule has 2 heterocycles. The van der Waals surface area contributed by atoms with Crippen molar-refractivity contribution in [1.82, 2.24) is 20.1 Å². The Morgan fingerprint density at radius 2 is 1.60 bits per heavy atom. The zero-order chi connectivity index (χ0) is 24.4. The molecule has 0 radical (unpaired) electrons. The number of aryl methyl sites for hydroxylation is 1. The van der Waals surface area contributed by atoms with Crippen LogP contribution in [0.2, 0.25) is 0 Å². The Morgan fingerprint density at radius 3 is 2.20 bits per heavy atom. The van der Waals surface area contributed by atoms with Crippen molar-refractivity contribution in [2.24, 2.45) is 5.73 Å². The van der Waals surface area contributed by atoms with E-state index in [4.69, 9.17) is 19.7 Å². The molecule has 0 aliphatic heterocycles. The molecule has 0 atom stereocenters. The van der Waals surface area contributed by atoms with Crippen molar-refractivity contribution >= 4 is 0 Å². The molecule has 1 fully saturated rings. The van der Waals surface area contributed by atoms with Crippen LogP contribution in [-0.2, 0) is 12.0 Å². The maximum atomic E-state index is 5.99. The molecule has 0 amide bonds. The van der Waals surface area contributed by atoms with Crippen LogP contribution in [0.3, 0.4) is 0 Å². The van der Waals surface area contributed by atoms with Crippen molar-refractivity contribution in [1.29, 1.82) is 0 Å². The largest absolute Gasteiger partial charge is 0.490 e. The number of aromatic nitrogens is 4. The van der Waals surface area contributed by atoms with Crippen LogP contribution >= 0.6 is 0 Å². The van der Waals surface area contributed by atoms with E-state index < -0.39 is 0 Å². The Kier molecular flexibility index (Phi) is 6.21. The van der Waals surface area contributed by atoms with E-state index in [1.54, 1.807) is 19.2 Å². The molecular weight excluding hydrogens is 442 g/mol. The van der Waals surface area contributed by atoms with Gasteiger partial charge in [0.15, 0.2) is 5.82 Å². The van der Waals surface area contributed by atoms with Crippen LogP contribution in [0.25, 0.3) is 11.7 Å². The second kappa shape index (κ2) is 9.46. The molecular formula is C27H29N5O3. The van der Waals surface area contributed by atoms with Gasteiger partial charge in [0.2, 0.25) is 5.82 Å². The summed E-state index contributed by atoms with van der Waals surface area (Å²) in [5, 5.41) is 3.78. The van der Waals surface area contributed by atoms with Gasteiger partial charge in [-0.3, -0.25) is 0 Å². The van der Waals surface area contributed by atoms with E-state index in [-0.39, 0.29) is 17.6 Å². The fourth-order valence-corrected chi connectivity index (χ4v) is 4.10. The molecule has 180 valence electrons. The van der Waals surface area contributed by atoms with Gasteiger partial charge >= 0.3 is 0 Å². The molecule has 4 aromatic rings. The summed E-state index contributed by atoms with van der Waals surface area (Å²) < 4.78 is 17.1. The SMILES string of the molecule is Cc1noc(-c2nccc(COc3ccc(C(C)(C)c4ccc(OC5CC(N)C5)cc4)cc3)n2)n1. The van der Waals surface area contributed by atoms with E-state index in [2.05, 4.69) is 58.2 Å². The van der Waals surface area contributed by atoms with Gasteiger partial charge in [0.25, 0.3) is 5.89 Å². The summed E-state index contributed by atoms with van der Waals surface area (Å²) in [6.45, 7) is 6.48. The normalized spacial score (nSPS) is 17.6.